The highest BCUT2D eigenvalue weighted by Gasteiger charge is 2.20. The minimum atomic E-state index is -1.13. The Morgan fingerprint density at radius 1 is 1.13 bits per heavy atom. The number of nitrogens with one attached hydrogen (secondary N) is 2. The lowest BCUT2D eigenvalue weighted by Gasteiger charge is -2.08. The summed E-state index contributed by atoms with van der Waals surface area (Å²) < 4.78 is 5.86. The molecule has 0 aliphatic rings. The number of anilines is 1. The van der Waals surface area contributed by atoms with E-state index in [1.165, 1.54) is 11.6 Å². The second kappa shape index (κ2) is 8.71. The first-order chi connectivity index (χ1) is 15.0. The number of carbonyl (C=O) groups is 2. The molecule has 3 heterocycles. The van der Waals surface area contributed by atoms with Crippen LogP contribution in [0.3, 0.4) is 0 Å². The lowest BCUT2D eigenvalue weighted by Crippen LogP contribution is -2.28. The smallest absolute Gasteiger partial charge is 0.355 e. The fourth-order valence-corrected chi connectivity index (χ4v) is 3.53. The number of rotatable bonds is 6. The molecule has 0 bridgehead atoms. The van der Waals surface area contributed by atoms with Gasteiger partial charge in [0, 0.05) is 29.2 Å². The Morgan fingerprint density at radius 2 is 1.90 bits per heavy atom. The van der Waals surface area contributed by atoms with Gasteiger partial charge >= 0.3 is 12.0 Å². The maximum Gasteiger partial charge on any atom is 0.355 e. The lowest BCUT2D eigenvalue weighted by molar-refractivity contribution is 0.0691. The Hall–Kier alpha value is -4.12. The molecular formula is C20H16N6O4S. The minimum Gasteiger partial charge on any atom is -0.476 e. The molecule has 0 aliphatic heterocycles. The van der Waals surface area contributed by atoms with E-state index in [4.69, 9.17) is 4.42 Å². The van der Waals surface area contributed by atoms with E-state index in [2.05, 4.69) is 30.8 Å². The van der Waals surface area contributed by atoms with Gasteiger partial charge < -0.3 is 14.8 Å². The van der Waals surface area contributed by atoms with Crippen molar-refractivity contribution in [2.45, 2.75) is 6.92 Å². The zero-order chi connectivity index (χ0) is 21.8. The third-order valence-electron chi connectivity index (χ3n) is 4.11. The number of hydrogen-bond acceptors (Lipinski definition) is 8. The molecule has 31 heavy (non-hydrogen) atoms. The molecule has 4 aromatic rings. The molecule has 1 aromatic carbocycles. The summed E-state index contributed by atoms with van der Waals surface area (Å²) in [6.45, 7) is 2.26. The van der Waals surface area contributed by atoms with Crippen molar-refractivity contribution in [1.29, 1.82) is 0 Å². The van der Waals surface area contributed by atoms with Gasteiger partial charge in [-0.3, -0.25) is 5.32 Å². The van der Waals surface area contributed by atoms with Gasteiger partial charge in [-0.05, 0) is 25.1 Å². The number of carboxylic acid groups (broad SMARTS) is 1. The van der Waals surface area contributed by atoms with Crippen molar-refractivity contribution < 1.29 is 19.1 Å². The largest absolute Gasteiger partial charge is 0.476 e. The molecule has 0 saturated carbocycles. The molecule has 3 N–H and O–H groups in total. The molecule has 0 aliphatic carbocycles. The first kappa shape index (κ1) is 20.2. The van der Waals surface area contributed by atoms with Crippen LogP contribution in [0.15, 0.2) is 52.4 Å². The van der Waals surface area contributed by atoms with E-state index in [9.17, 15) is 14.7 Å². The number of nitrogens with zero attached hydrogens (tertiary/aromatic N) is 4. The third kappa shape index (κ3) is 4.41. The van der Waals surface area contributed by atoms with Crippen LogP contribution in [0.5, 0.6) is 0 Å². The average Bonchev–Trinajstić information content (AvgIpc) is 3.45. The van der Waals surface area contributed by atoms with E-state index < -0.39 is 12.0 Å². The summed E-state index contributed by atoms with van der Waals surface area (Å²) in [6.07, 6.45) is 1.48. The van der Waals surface area contributed by atoms with Crippen molar-refractivity contribution in [3.8, 4) is 33.5 Å². The summed E-state index contributed by atoms with van der Waals surface area (Å²) in [4.78, 5) is 31.5. The molecule has 11 heteroatoms. The molecule has 2 amide bonds. The Kier molecular flexibility index (Phi) is 5.67. The van der Waals surface area contributed by atoms with Crippen LogP contribution in [0.2, 0.25) is 0 Å². The number of urea groups is 1. The van der Waals surface area contributed by atoms with Crippen molar-refractivity contribution in [3.63, 3.8) is 0 Å². The summed E-state index contributed by atoms with van der Waals surface area (Å²) >= 11 is 1.15. The third-order valence-corrected chi connectivity index (χ3v) is 4.99. The topological polar surface area (TPSA) is 143 Å². The van der Waals surface area contributed by atoms with Crippen LogP contribution >= 0.6 is 11.3 Å². The SMILES string of the molecule is CCNC(=O)Nc1cc(-c2nnc(-c3ccccc3)o2)c(-c2nc(C(=O)O)cs2)cn1. The summed E-state index contributed by atoms with van der Waals surface area (Å²) in [6, 6.07) is 10.4. The molecule has 0 fully saturated rings. The van der Waals surface area contributed by atoms with E-state index in [1.807, 2.05) is 30.3 Å². The van der Waals surface area contributed by atoms with Gasteiger partial charge in [-0.2, -0.15) is 0 Å². The lowest BCUT2D eigenvalue weighted by atomic mass is 10.1. The maximum atomic E-state index is 11.9. The number of hydrogen-bond donors (Lipinski definition) is 3. The average molecular weight is 436 g/mol. The predicted octanol–water partition coefficient (Wildman–Crippen LogP) is 3.76. The highest BCUT2D eigenvalue weighted by Crippen LogP contribution is 2.35. The maximum absolute atomic E-state index is 11.9. The van der Waals surface area contributed by atoms with Crippen molar-refractivity contribution in [3.05, 3.63) is 53.7 Å². The van der Waals surface area contributed by atoms with Crippen LogP contribution in [0, 0.1) is 0 Å². The minimum absolute atomic E-state index is 0.0778. The predicted molar refractivity (Wildman–Crippen MR) is 114 cm³/mol. The van der Waals surface area contributed by atoms with Gasteiger partial charge in [0.05, 0.1) is 5.56 Å². The van der Waals surface area contributed by atoms with Gasteiger partial charge in [0.15, 0.2) is 5.69 Å². The summed E-state index contributed by atoms with van der Waals surface area (Å²) in [5, 5.41) is 24.5. The van der Waals surface area contributed by atoms with Crippen LogP contribution in [0.1, 0.15) is 17.4 Å². The molecule has 0 saturated heterocycles. The number of benzene rings is 1. The van der Waals surface area contributed by atoms with Crippen molar-refractivity contribution in [2.75, 3.05) is 11.9 Å². The van der Waals surface area contributed by atoms with Crippen LogP contribution in [0.25, 0.3) is 33.5 Å². The molecule has 4 rings (SSSR count). The number of amides is 2. The van der Waals surface area contributed by atoms with Crippen LogP contribution < -0.4 is 10.6 Å². The quantitative estimate of drug-likeness (QED) is 0.414. The van der Waals surface area contributed by atoms with E-state index >= 15 is 0 Å². The van der Waals surface area contributed by atoms with E-state index in [1.54, 1.807) is 13.0 Å². The van der Waals surface area contributed by atoms with Crippen molar-refractivity contribution in [2.24, 2.45) is 0 Å². The first-order valence-corrected chi connectivity index (χ1v) is 10.1. The highest BCUT2D eigenvalue weighted by atomic mass is 32.1. The second-order valence-electron chi connectivity index (χ2n) is 6.22. The normalized spacial score (nSPS) is 10.6. The fraction of sp³-hybridized carbons (Fsp3) is 0.100. The molecule has 10 nitrogen and oxygen atoms in total. The Labute approximate surface area is 180 Å². The standard InChI is InChI=1S/C20H16N6O4S/c1-2-21-20(29)24-15-8-12(13(9-22-15)18-23-14(10-31-18)19(27)28)17-26-25-16(30-17)11-6-4-3-5-7-11/h3-10H,2H2,1H3,(H,27,28)(H2,21,22,24,29). The van der Waals surface area contributed by atoms with Gasteiger partial charge in [-0.25, -0.2) is 19.6 Å². The molecule has 0 atom stereocenters. The Morgan fingerprint density at radius 3 is 2.61 bits per heavy atom. The number of thiazole rings is 1. The molecule has 0 unspecified atom stereocenters. The fourth-order valence-electron chi connectivity index (χ4n) is 2.72. The molecular weight excluding hydrogens is 420 g/mol. The zero-order valence-electron chi connectivity index (χ0n) is 16.2. The monoisotopic (exact) mass is 436 g/mol. The highest BCUT2D eigenvalue weighted by molar-refractivity contribution is 7.13. The molecule has 3 aromatic heterocycles. The van der Waals surface area contributed by atoms with E-state index in [0.717, 1.165) is 16.9 Å². The van der Waals surface area contributed by atoms with Crippen molar-refractivity contribution in [1.82, 2.24) is 25.5 Å². The summed E-state index contributed by atoms with van der Waals surface area (Å²) in [7, 11) is 0. The Bertz CT molecular complexity index is 1240. The number of aromatic nitrogens is 4. The van der Waals surface area contributed by atoms with Gasteiger partial charge in [-0.15, -0.1) is 21.5 Å². The molecule has 156 valence electrons. The van der Waals surface area contributed by atoms with Gasteiger partial charge in [-0.1, -0.05) is 18.2 Å². The number of carboxylic acids is 1. The number of pyridine rings is 1. The number of aromatic carboxylic acids is 1. The van der Waals surface area contributed by atoms with E-state index in [-0.39, 0.29) is 17.4 Å². The van der Waals surface area contributed by atoms with Crippen LogP contribution in [-0.4, -0.2) is 43.8 Å². The molecule has 0 radical (unpaired) electrons. The van der Waals surface area contributed by atoms with E-state index in [0.29, 0.717) is 28.6 Å². The number of carbonyl (C=O) groups excluding carboxylic acids is 1. The molecule has 0 spiro atoms. The van der Waals surface area contributed by atoms with Crippen LogP contribution in [0.4, 0.5) is 10.6 Å². The van der Waals surface area contributed by atoms with Crippen molar-refractivity contribution >= 4 is 29.2 Å². The van der Waals surface area contributed by atoms with Gasteiger partial charge in [0.2, 0.25) is 11.8 Å². The summed E-state index contributed by atoms with van der Waals surface area (Å²) in [5.74, 6) is -0.362. The summed E-state index contributed by atoms with van der Waals surface area (Å²) in [5.41, 5.74) is 1.64. The van der Waals surface area contributed by atoms with Crippen LogP contribution in [-0.2, 0) is 0 Å². The second-order valence-corrected chi connectivity index (χ2v) is 7.08. The van der Waals surface area contributed by atoms with Gasteiger partial charge in [0.25, 0.3) is 0 Å². The Balaban J connectivity index is 1.78. The van der Waals surface area contributed by atoms with Gasteiger partial charge in [0.1, 0.15) is 10.8 Å². The zero-order valence-corrected chi connectivity index (χ0v) is 17.0. The first-order valence-electron chi connectivity index (χ1n) is 9.18.